The second kappa shape index (κ2) is 4.31. The van der Waals surface area contributed by atoms with Gasteiger partial charge in [0.25, 0.3) is 0 Å². The highest BCUT2D eigenvalue weighted by Crippen LogP contribution is 2.44. The molecule has 1 aliphatic carbocycles. The molecule has 3 rings (SSSR count). The average Bonchev–Trinajstić information content (AvgIpc) is 2.42. The topological polar surface area (TPSA) is 38.9 Å². The van der Waals surface area contributed by atoms with E-state index < -0.39 is 0 Å². The molecule has 0 atom stereocenters. The highest BCUT2D eigenvalue weighted by Gasteiger charge is 2.37. The number of nitrogens with zero attached hydrogens (tertiary/aromatic N) is 1. The summed E-state index contributed by atoms with van der Waals surface area (Å²) in [5.41, 5.74) is 8.18. The Morgan fingerprint density at radius 1 is 1.00 bits per heavy atom. The minimum atomic E-state index is -0.205. The maximum atomic E-state index is 6.73. The molecule has 0 spiro atoms. The summed E-state index contributed by atoms with van der Waals surface area (Å²) in [6.45, 7) is 4.68. The lowest BCUT2D eigenvalue weighted by Gasteiger charge is -2.41. The van der Waals surface area contributed by atoms with Crippen molar-refractivity contribution in [3.63, 3.8) is 0 Å². The normalized spacial score (nSPS) is 21.4. The zero-order chi connectivity index (χ0) is 13.5. The molecule has 0 bridgehead atoms. The molecule has 2 nitrogen and oxygen atoms in total. The van der Waals surface area contributed by atoms with Crippen LogP contribution >= 0.6 is 0 Å². The van der Waals surface area contributed by atoms with Gasteiger partial charge in [0.2, 0.25) is 0 Å². The predicted molar refractivity (Wildman–Crippen MR) is 79.9 cm³/mol. The summed E-state index contributed by atoms with van der Waals surface area (Å²) in [5.74, 6) is 0. The molecule has 1 aromatic carbocycles. The van der Waals surface area contributed by atoms with Crippen LogP contribution in [0.25, 0.3) is 10.8 Å². The second-order valence-electron chi connectivity index (χ2n) is 6.73. The van der Waals surface area contributed by atoms with Gasteiger partial charge in [0.1, 0.15) is 0 Å². The molecule has 100 valence electrons. The number of aromatic nitrogens is 1. The Morgan fingerprint density at radius 3 is 2.42 bits per heavy atom. The smallest absolute Gasteiger partial charge is 0.0431 e. The van der Waals surface area contributed by atoms with Crippen LogP contribution in [0, 0.1) is 5.41 Å². The highest BCUT2D eigenvalue weighted by molar-refractivity contribution is 5.85. The molecule has 19 heavy (non-hydrogen) atoms. The van der Waals surface area contributed by atoms with E-state index in [1.54, 1.807) is 0 Å². The van der Waals surface area contributed by atoms with Gasteiger partial charge >= 0.3 is 0 Å². The van der Waals surface area contributed by atoms with E-state index in [0.717, 1.165) is 12.8 Å². The van der Waals surface area contributed by atoms with Crippen LogP contribution in [-0.4, -0.2) is 4.98 Å². The van der Waals surface area contributed by atoms with Crippen LogP contribution in [0.15, 0.2) is 36.7 Å². The summed E-state index contributed by atoms with van der Waals surface area (Å²) < 4.78 is 0. The van der Waals surface area contributed by atoms with Gasteiger partial charge in [0.05, 0.1) is 0 Å². The molecule has 0 saturated heterocycles. The summed E-state index contributed by atoms with van der Waals surface area (Å²) in [6.07, 6.45) is 8.38. The fourth-order valence-electron chi connectivity index (χ4n) is 3.16. The van der Waals surface area contributed by atoms with Crippen molar-refractivity contribution in [2.75, 3.05) is 0 Å². The highest BCUT2D eigenvalue weighted by atomic mass is 14.8. The molecule has 2 heteroatoms. The fraction of sp³-hybridized carbons (Fsp3) is 0.471. The molecule has 0 amide bonds. The van der Waals surface area contributed by atoms with Gasteiger partial charge in [0.15, 0.2) is 0 Å². The van der Waals surface area contributed by atoms with Crippen molar-refractivity contribution in [2.45, 2.75) is 45.1 Å². The number of hydrogen-bond donors (Lipinski definition) is 1. The monoisotopic (exact) mass is 254 g/mol. The summed E-state index contributed by atoms with van der Waals surface area (Å²) >= 11 is 0. The molecule has 0 radical (unpaired) electrons. The number of hydrogen-bond acceptors (Lipinski definition) is 2. The van der Waals surface area contributed by atoms with E-state index in [0.29, 0.717) is 5.41 Å². The molecule has 1 saturated carbocycles. The quantitative estimate of drug-likeness (QED) is 0.835. The Labute approximate surface area is 115 Å². The summed E-state index contributed by atoms with van der Waals surface area (Å²) in [5, 5.41) is 2.45. The average molecular weight is 254 g/mol. The van der Waals surface area contributed by atoms with Gasteiger partial charge < -0.3 is 5.73 Å². The van der Waals surface area contributed by atoms with Gasteiger partial charge in [-0.25, -0.2) is 0 Å². The third-order valence-electron chi connectivity index (χ3n) is 4.70. The third kappa shape index (κ3) is 2.25. The zero-order valence-electron chi connectivity index (χ0n) is 11.8. The third-order valence-corrected chi connectivity index (χ3v) is 4.70. The molecule has 1 heterocycles. The molecular weight excluding hydrogens is 232 g/mol. The first-order valence-corrected chi connectivity index (χ1v) is 7.12. The molecule has 0 unspecified atom stereocenters. The molecule has 1 fully saturated rings. The van der Waals surface area contributed by atoms with Crippen LogP contribution in [-0.2, 0) is 5.54 Å². The Morgan fingerprint density at radius 2 is 1.68 bits per heavy atom. The summed E-state index contributed by atoms with van der Waals surface area (Å²) in [7, 11) is 0. The maximum Gasteiger partial charge on any atom is 0.0431 e. The first-order valence-electron chi connectivity index (χ1n) is 7.12. The molecular formula is C17H22N2. The predicted octanol–water partition coefficient (Wildman–Crippen LogP) is 3.99. The lowest BCUT2D eigenvalue weighted by molar-refractivity contribution is 0.166. The van der Waals surface area contributed by atoms with Gasteiger partial charge in [-0.05, 0) is 42.0 Å². The van der Waals surface area contributed by atoms with E-state index in [1.165, 1.54) is 29.2 Å². The van der Waals surface area contributed by atoms with Crippen molar-refractivity contribution < 1.29 is 0 Å². The Kier molecular flexibility index (Phi) is 2.86. The Bertz CT molecular complexity index is 586. The van der Waals surface area contributed by atoms with E-state index in [2.05, 4.69) is 43.1 Å². The molecule has 2 N–H and O–H groups in total. The maximum absolute atomic E-state index is 6.73. The first kappa shape index (κ1) is 12.6. The number of benzene rings is 1. The molecule has 2 aromatic rings. The zero-order valence-corrected chi connectivity index (χ0v) is 11.8. The van der Waals surface area contributed by atoms with Crippen LogP contribution in [0.5, 0.6) is 0 Å². The van der Waals surface area contributed by atoms with Crippen molar-refractivity contribution in [1.82, 2.24) is 4.98 Å². The minimum Gasteiger partial charge on any atom is -0.321 e. The van der Waals surface area contributed by atoms with E-state index >= 15 is 0 Å². The minimum absolute atomic E-state index is 0.205. The second-order valence-corrected chi connectivity index (χ2v) is 6.73. The van der Waals surface area contributed by atoms with Crippen LogP contribution in [0.4, 0.5) is 0 Å². The van der Waals surface area contributed by atoms with E-state index in [4.69, 9.17) is 5.73 Å². The van der Waals surface area contributed by atoms with Gasteiger partial charge in [-0.1, -0.05) is 38.1 Å². The standard InChI is InChI=1S/C17H22N2/c1-16(2)7-9-17(18,10-8-16)15-12-19-11-13-5-3-4-6-14(13)15/h3-6,11-12H,7-10,18H2,1-2H3. The van der Waals surface area contributed by atoms with Gasteiger partial charge in [-0.15, -0.1) is 0 Å². The lowest BCUT2D eigenvalue weighted by atomic mass is 9.67. The van der Waals surface area contributed by atoms with Crippen LogP contribution in [0.2, 0.25) is 0 Å². The number of rotatable bonds is 1. The SMILES string of the molecule is CC1(C)CCC(N)(c2cncc3ccccc23)CC1. The van der Waals surface area contributed by atoms with Gasteiger partial charge in [-0.2, -0.15) is 0 Å². The number of pyridine rings is 1. The summed E-state index contributed by atoms with van der Waals surface area (Å²) in [4.78, 5) is 4.39. The van der Waals surface area contributed by atoms with Crippen molar-refractivity contribution in [1.29, 1.82) is 0 Å². The van der Waals surface area contributed by atoms with Gasteiger partial charge in [0, 0.05) is 23.3 Å². The van der Waals surface area contributed by atoms with Crippen molar-refractivity contribution >= 4 is 10.8 Å². The summed E-state index contributed by atoms with van der Waals surface area (Å²) in [6, 6.07) is 8.42. The van der Waals surface area contributed by atoms with Crippen LogP contribution in [0.3, 0.4) is 0 Å². The van der Waals surface area contributed by atoms with Crippen molar-refractivity contribution in [3.8, 4) is 0 Å². The molecule has 1 aliphatic rings. The van der Waals surface area contributed by atoms with Crippen molar-refractivity contribution in [3.05, 3.63) is 42.2 Å². The largest absolute Gasteiger partial charge is 0.321 e. The van der Waals surface area contributed by atoms with Crippen LogP contribution < -0.4 is 5.73 Å². The number of nitrogens with two attached hydrogens (primary N) is 1. The van der Waals surface area contributed by atoms with Crippen LogP contribution in [0.1, 0.15) is 45.1 Å². The van der Waals surface area contributed by atoms with E-state index in [9.17, 15) is 0 Å². The number of fused-ring (bicyclic) bond motifs is 1. The Balaban J connectivity index is 2.05. The Hall–Kier alpha value is -1.41. The van der Waals surface area contributed by atoms with E-state index in [-0.39, 0.29) is 5.54 Å². The first-order chi connectivity index (χ1) is 9.00. The van der Waals surface area contributed by atoms with E-state index in [1.807, 2.05) is 12.4 Å². The van der Waals surface area contributed by atoms with Crippen molar-refractivity contribution in [2.24, 2.45) is 11.1 Å². The molecule has 0 aliphatic heterocycles. The van der Waals surface area contributed by atoms with Gasteiger partial charge in [-0.3, -0.25) is 4.98 Å². The fourth-order valence-corrected chi connectivity index (χ4v) is 3.16. The lowest BCUT2D eigenvalue weighted by Crippen LogP contribution is -2.42. The molecule has 1 aromatic heterocycles.